The van der Waals surface area contributed by atoms with E-state index in [0.717, 1.165) is 32.5 Å². The summed E-state index contributed by atoms with van der Waals surface area (Å²) in [6.45, 7) is 3.46. The van der Waals surface area contributed by atoms with Crippen LogP contribution in [0.4, 0.5) is 4.79 Å². The zero-order valence-electron chi connectivity index (χ0n) is 8.73. The summed E-state index contributed by atoms with van der Waals surface area (Å²) in [5.41, 5.74) is 0. The van der Waals surface area contributed by atoms with Crippen LogP contribution >= 0.6 is 11.6 Å². The lowest BCUT2D eigenvalue weighted by molar-refractivity contribution is 0.0956. The molecule has 2 rings (SSSR count). The van der Waals surface area contributed by atoms with Gasteiger partial charge in [0.05, 0.1) is 6.04 Å². The minimum Gasteiger partial charge on any atom is -0.465 e. The molecule has 1 amide bonds. The number of fused-ring (bicyclic) bond motifs is 1. The third-order valence-electron chi connectivity index (χ3n) is 3.50. The van der Waals surface area contributed by atoms with E-state index in [1.54, 1.807) is 4.90 Å². The summed E-state index contributed by atoms with van der Waals surface area (Å²) in [4.78, 5) is 14.9. The lowest BCUT2D eigenvalue weighted by atomic mass is 9.92. The first-order chi connectivity index (χ1) is 7.22. The Balaban J connectivity index is 2.00. The van der Waals surface area contributed by atoms with Crippen LogP contribution in [-0.4, -0.2) is 59.1 Å². The number of rotatable bonds is 2. The maximum Gasteiger partial charge on any atom is 0.407 e. The molecule has 2 unspecified atom stereocenters. The zero-order chi connectivity index (χ0) is 10.8. The Labute approximate surface area is 94.8 Å². The van der Waals surface area contributed by atoms with E-state index in [2.05, 4.69) is 4.90 Å². The molecule has 2 aliphatic heterocycles. The van der Waals surface area contributed by atoms with Crippen molar-refractivity contribution in [3.8, 4) is 0 Å². The van der Waals surface area contributed by atoms with E-state index in [0.29, 0.717) is 18.3 Å². The lowest BCUT2D eigenvalue weighted by Crippen LogP contribution is -2.47. The number of carbonyl (C=O) groups is 1. The number of amides is 1. The lowest BCUT2D eigenvalue weighted by Gasteiger charge is -2.34. The topological polar surface area (TPSA) is 43.8 Å². The summed E-state index contributed by atoms with van der Waals surface area (Å²) in [7, 11) is 0. The third kappa shape index (κ3) is 2.21. The Bertz CT molecular complexity index is 250. The Kier molecular flexibility index (Phi) is 3.36. The van der Waals surface area contributed by atoms with E-state index in [9.17, 15) is 4.79 Å². The molecule has 15 heavy (non-hydrogen) atoms. The monoisotopic (exact) mass is 232 g/mol. The molecule has 1 N–H and O–H groups in total. The fraction of sp³-hybridized carbons (Fsp3) is 0.900. The second-order valence-electron chi connectivity index (χ2n) is 4.39. The highest BCUT2D eigenvalue weighted by Crippen LogP contribution is 2.30. The molecule has 0 aromatic heterocycles. The maximum absolute atomic E-state index is 11.0. The van der Waals surface area contributed by atoms with Gasteiger partial charge in [-0.3, -0.25) is 4.90 Å². The number of nitrogens with zero attached hydrogens (tertiary/aromatic N) is 2. The van der Waals surface area contributed by atoms with Crippen LogP contribution in [0.3, 0.4) is 0 Å². The molecule has 2 heterocycles. The molecule has 2 fully saturated rings. The van der Waals surface area contributed by atoms with Gasteiger partial charge < -0.3 is 10.0 Å². The molecular weight excluding hydrogens is 216 g/mol. The van der Waals surface area contributed by atoms with Crippen molar-refractivity contribution in [2.45, 2.75) is 18.9 Å². The quantitative estimate of drug-likeness (QED) is 0.730. The summed E-state index contributed by atoms with van der Waals surface area (Å²) in [5.74, 6) is 1.16. The normalized spacial score (nSPS) is 31.7. The van der Waals surface area contributed by atoms with Gasteiger partial charge in [0.2, 0.25) is 0 Å². The van der Waals surface area contributed by atoms with Crippen molar-refractivity contribution in [2.75, 3.05) is 32.1 Å². The highest BCUT2D eigenvalue weighted by Gasteiger charge is 2.40. The fourth-order valence-electron chi connectivity index (χ4n) is 2.81. The van der Waals surface area contributed by atoms with Crippen molar-refractivity contribution < 1.29 is 9.90 Å². The van der Waals surface area contributed by atoms with E-state index < -0.39 is 6.09 Å². The summed E-state index contributed by atoms with van der Waals surface area (Å²) in [6.07, 6.45) is 1.40. The standard InChI is InChI=1S/C10H17ClN2O2/c11-3-5-12-6-8-2-1-4-13(10(14)15)9(8)7-12/h8-9H,1-7H2,(H,14,15). The van der Waals surface area contributed by atoms with Gasteiger partial charge in [-0.1, -0.05) is 0 Å². The SMILES string of the molecule is O=C(O)N1CCCC2CN(CCCl)CC21. The van der Waals surface area contributed by atoms with E-state index in [-0.39, 0.29) is 6.04 Å². The maximum atomic E-state index is 11.0. The van der Waals surface area contributed by atoms with Gasteiger partial charge in [0, 0.05) is 32.1 Å². The van der Waals surface area contributed by atoms with Crippen molar-refractivity contribution >= 4 is 17.7 Å². The summed E-state index contributed by atoms with van der Waals surface area (Å²) >= 11 is 5.71. The highest BCUT2D eigenvalue weighted by atomic mass is 35.5. The minimum absolute atomic E-state index is 0.208. The second-order valence-corrected chi connectivity index (χ2v) is 4.77. The van der Waals surface area contributed by atoms with Gasteiger partial charge in [-0.05, 0) is 18.8 Å². The van der Waals surface area contributed by atoms with Gasteiger partial charge in [-0.15, -0.1) is 11.6 Å². The molecule has 0 aromatic rings. The van der Waals surface area contributed by atoms with E-state index >= 15 is 0 Å². The summed E-state index contributed by atoms with van der Waals surface area (Å²) < 4.78 is 0. The Morgan fingerprint density at radius 2 is 2.27 bits per heavy atom. The first-order valence-electron chi connectivity index (χ1n) is 5.50. The van der Waals surface area contributed by atoms with Crippen LogP contribution in [0.5, 0.6) is 0 Å². The average molecular weight is 233 g/mol. The molecule has 0 aliphatic carbocycles. The van der Waals surface area contributed by atoms with Gasteiger partial charge in [0.15, 0.2) is 0 Å². The third-order valence-corrected chi connectivity index (χ3v) is 3.67. The first-order valence-corrected chi connectivity index (χ1v) is 6.03. The number of halogens is 1. The Morgan fingerprint density at radius 3 is 2.93 bits per heavy atom. The van der Waals surface area contributed by atoms with Crippen LogP contribution in [0.15, 0.2) is 0 Å². The molecule has 86 valence electrons. The molecule has 5 heteroatoms. The largest absolute Gasteiger partial charge is 0.465 e. The van der Waals surface area contributed by atoms with E-state index in [1.807, 2.05) is 0 Å². The van der Waals surface area contributed by atoms with Crippen molar-refractivity contribution in [3.05, 3.63) is 0 Å². The van der Waals surface area contributed by atoms with Gasteiger partial charge in [0.1, 0.15) is 0 Å². The first kappa shape index (κ1) is 11.0. The molecule has 0 radical (unpaired) electrons. The van der Waals surface area contributed by atoms with Crippen molar-refractivity contribution in [1.82, 2.24) is 9.80 Å². The van der Waals surface area contributed by atoms with Gasteiger partial charge in [-0.2, -0.15) is 0 Å². The minimum atomic E-state index is -0.766. The predicted octanol–water partition coefficient (Wildman–Crippen LogP) is 1.30. The zero-order valence-corrected chi connectivity index (χ0v) is 9.49. The second kappa shape index (κ2) is 4.58. The van der Waals surface area contributed by atoms with Crippen molar-refractivity contribution in [1.29, 1.82) is 0 Å². The van der Waals surface area contributed by atoms with Crippen molar-refractivity contribution in [3.63, 3.8) is 0 Å². The highest BCUT2D eigenvalue weighted by molar-refractivity contribution is 6.18. The van der Waals surface area contributed by atoms with Crippen LogP contribution in [0.1, 0.15) is 12.8 Å². The molecular formula is C10H17ClN2O2. The molecule has 0 aromatic carbocycles. The van der Waals surface area contributed by atoms with E-state index in [4.69, 9.17) is 16.7 Å². The van der Waals surface area contributed by atoms with Gasteiger partial charge in [-0.25, -0.2) is 4.79 Å². The van der Waals surface area contributed by atoms with Crippen molar-refractivity contribution in [2.24, 2.45) is 5.92 Å². The Morgan fingerprint density at radius 1 is 1.47 bits per heavy atom. The average Bonchev–Trinajstić information content (AvgIpc) is 2.59. The number of likely N-dealkylation sites (tertiary alicyclic amines) is 2. The predicted molar refractivity (Wildman–Crippen MR) is 58.4 cm³/mol. The van der Waals surface area contributed by atoms with E-state index in [1.165, 1.54) is 0 Å². The summed E-state index contributed by atoms with van der Waals surface area (Å²) in [5, 5.41) is 9.08. The van der Waals surface area contributed by atoms with Crippen LogP contribution < -0.4 is 0 Å². The number of piperidine rings is 1. The van der Waals surface area contributed by atoms with Gasteiger partial charge >= 0.3 is 6.09 Å². The molecule has 2 atom stereocenters. The van der Waals surface area contributed by atoms with Crippen LogP contribution in [0, 0.1) is 5.92 Å². The van der Waals surface area contributed by atoms with Gasteiger partial charge in [0.25, 0.3) is 0 Å². The number of hydrogen-bond donors (Lipinski definition) is 1. The molecule has 0 spiro atoms. The van der Waals surface area contributed by atoms with Crippen LogP contribution in [0.2, 0.25) is 0 Å². The summed E-state index contributed by atoms with van der Waals surface area (Å²) in [6, 6.07) is 0.208. The van der Waals surface area contributed by atoms with Crippen LogP contribution in [0.25, 0.3) is 0 Å². The molecule has 2 aliphatic rings. The molecule has 0 bridgehead atoms. The molecule has 0 saturated carbocycles. The molecule has 4 nitrogen and oxygen atoms in total. The van der Waals surface area contributed by atoms with Crippen LogP contribution in [-0.2, 0) is 0 Å². The number of carboxylic acid groups (broad SMARTS) is 1. The number of alkyl halides is 1. The fourth-order valence-corrected chi connectivity index (χ4v) is 3.05. The molecule has 2 saturated heterocycles. The smallest absolute Gasteiger partial charge is 0.407 e. The number of hydrogen-bond acceptors (Lipinski definition) is 2. The Hall–Kier alpha value is -0.480.